The number of carbonyl (C=O) groups is 3. The van der Waals surface area contributed by atoms with E-state index in [4.69, 9.17) is 16.3 Å². The fraction of sp³-hybridized carbons (Fsp3) is 0.242. The van der Waals surface area contributed by atoms with E-state index in [1.165, 1.54) is 23.1 Å². The van der Waals surface area contributed by atoms with Crippen LogP contribution < -0.4 is 10.6 Å². The second kappa shape index (κ2) is 14.1. The molecule has 6 nitrogen and oxygen atoms in total. The van der Waals surface area contributed by atoms with Crippen LogP contribution in [0.4, 0.5) is 10.7 Å². The number of benzene rings is 3. The molecule has 3 aromatic carbocycles. The third-order valence-corrected chi connectivity index (χ3v) is 9.58. The minimum absolute atomic E-state index is 0.148. The molecule has 0 saturated carbocycles. The zero-order valence-electron chi connectivity index (χ0n) is 23.2. The van der Waals surface area contributed by atoms with Crippen molar-refractivity contribution in [1.82, 2.24) is 0 Å². The highest BCUT2D eigenvalue weighted by Crippen LogP contribution is 2.41. The standard InChI is InChI=1S/C33H31ClN2O4S2/c1-2-40-33(39)29-26-13-6-7-14-27(26)42-32(29)36-31(38)30(22-9-4-3-5-10-22)41-25-12-8-11-24(20-25)35-28(37)19-21-15-17-23(34)18-16-21/h3-5,8-12,15-18,20,30H,2,6-7,13-14,19H2,1H3,(H,35,37)(H,36,38). The summed E-state index contributed by atoms with van der Waals surface area (Å²) < 4.78 is 5.37. The average molecular weight is 619 g/mol. The predicted octanol–water partition coefficient (Wildman–Crippen LogP) is 8.11. The van der Waals surface area contributed by atoms with Crippen LogP contribution in [-0.4, -0.2) is 24.4 Å². The molecule has 0 saturated heterocycles. The topological polar surface area (TPSA) is 84.5 Å². The Hall–Kier alpha value is -3.59. The molecule has 216 valence electrons. The number of halogens is 1. The minimum Gasteiger partial charge on any atom is -0.462 e. The van der Waals surface area contributed by atoms with Gasteiger partial charge in [-0.1, -0.05) is 60.1 Å². The second-order valence-electron chi connectivity index (χ2n) is 9.91. The maximum Gasteiger partial charge on any atom is 0.341 e. The summed E-state index contributed by atoms with van der Waals surface area (Å²) in [6.45, 7) is 2.05. The van der Waals surface area contributed by atoms with Gasteiger partial charge in [0.1, 0.15) is 10.3 Å². The molecule has 0 aliphatic heterocycles. The van der Waals surface area contributed by atoms with E-state index in [0.29, 0.717) is 21.3 Å². The van der Waals surface area contributed by atoms with E-state index in [1.807, 2.05) is 66.7 Å². The van der Waals surface area contributed by atoms with Crippen LogP contribution in [0.5, 0.6) is 0 Å². The summed E-state index contributed by atoms with van der Waals surface area (Å²) in [5, 5.41) is 6.61. The molecular formula is C33H31ClN2O4S2. The molecular weight excluding hydrogens is 588 g/mol. The van der Waals surface area contributed by atoms with Gasteiger partial charge < -0.3 is 15.4 Å². The first-order valence-corrected chi connectivity index (χ1v) is 16.0. The Morgan fingerprint density at radius 3 is 2.48 bits per heavy atom. The third-order valence-electron chi connectivity index (χ3n) is 6.88. The Morgan fingerprint density at radius 2 is 1.71 bits per heavy atom. The molecule has 2 N–H and O–H groups in total. The predicted molar refractivity (Wildman–Crippen MR) is 171 cm³/mol. The number of nitrogens with one attached hydrogen (secondary N) is 2. The molecule has 1 aromatic heterocycles. The van der Waals surface area contributed by atoms with E-state index in [0.717, 1.165) is 52.1 Å². The monoisotopic (exact) mass is 618 g/mol. The van der Waals surface area contributed by atoms with Crippen LogP contribution in [0.3, 0.4) is 0 Å². The number of thiophene rings is 1. The molecule has 1 aliphatic rings. The van der Waals surface area contributed by atoms with Crippen molar-refractivity contribution in [3.8, 4) is 0 Å². The SMILES string of the molecule is CCOC(=O)c1c(NC(=O)C(Sc2cccc(NC(=O)Cc3ccc(Cl)cc3)c2)c2ccccc2)sc2c1CCCC2. The lowest BCUT2D eigenvalue weighted by atomic mass is 9.95. The van der Waals surface area contributed by atoms with Gasteiger partial charge in [0.15, 0.2) is 0 Å². The molecule has 9 heteroatoms. The maximum atomic E-state index is 13.9. The van der Waals surface area contributed by atoms with Crippen molar-refractivity contribution < 1.29 is 19.1 Å². The number of aryl methyl sites for hydroxylation is 1. The number of thioether (sulfide) groups is 1. The molecule has 42 heavy (non-hydrogen) atoms. The van der Waals surface area contributed by atoms with E-state index in [-0.39, 0.29) is 24.8 Å². The van der Waals surface area contributed by atoms with Crippen LogP contribution in [0.2, 0.25) is 5.02 Å². The summed E-state index contributed by atoms with van der Waals surface area (Å²) in [5.41, 5.74) is 3.83. The largest absolute Gasteiger partial charge is 0.462 e. The van der Waals surface area contributed by atoms with Crippen molar-refractivity contribution in [2.45, 2.75) is 49.2 Å². The van der Waals surface area contributed by atoms with E-state index < -0.39 is 11.2 Å². The van der Waals surface area contributed by atoms with Gasteiger partial charge in [-0.25, -0.2) is 4.79 Å². The summed E-state index contributed by atoms with van der Waals surface area (Å²) in [6.07, 6.45) is 4.01. The molecule has 1 atom stereocenters. The van der Waals surface area contributed by atoms with Crippen LogP contribution in [0.1, 0.15) is 56.9 Å². The van der Waals surface area contributed by atoms with Crippen LogP contribution in [0, 0.1) is 0 Å². The smallest absolute Gasteiger partial charge is 0.341 e. The van der Waals surface area contributed by atoms with Crippen molar-refractivity contribution in [3.63, 3.8) is 0 Å². The molecule has 1 heterocycles. The lowest BCUT2D eigenvalue weighted by Crippen LogP contribution is -2.20. The summed E-state index contributed by atoms with van der Waals surface area (Å²) in [4.78, 5) is 41.5. The van der Waals surface area contributed by atoms with Gasteiger partial charge in [-0.2, -0.15) is 0 Å². The van der Waals surface area contributed by atoms with Crippen molar-refractivity contribution in [1.29, 1.82) is 0 Å². The Labute approximate surface area is 258 Å². The number of hydrogen-bond donors (Lipinski definition) is 2. The van der Waals surface area contributed by atoms with E-state index in [1.54, 1.807) is 19.1 Å². The first-order valence-electron chi connectivity index (χ1n) is 13.9. The highest BCUT2D eigenvalue weighted by atomic mass is 35.5. The molecule has 0 radical (unpaired) electrons. The van der Waals surface area contributed by atoms with Gasteiger partial charge in [0.05, 0.1) is 18.6 Å². The molecule has 0 spiro atoms. The van der Waals surface area contributed by atoms with Gasteiger partial charge in [0.25, 0.3) is 0 Å². The van der Waals surface area contributed by atoms with Gasteiger partial charge in [-0.05, 0) is 79.6 Å². The third kappa shape index (κ3) is 7.43. The number of rotatable bonds is 10. The fourth-order valence-electron chi connectivity index (χ4n) is 4.93. The number of ether oxygens (including phenoxy) is 1. The van der Waals surface area contributed by atoms with Crippen molar-refractivity contribution in [2.24, 2.45) is 0 Å². The van der Waals surface area contributed by atoms with Crippen LogP contribution in [-0.2, 0) is 33.6 Å². The van der Waals surface area contributed by atoms with Gasteiger partial charge in [0.2, 0.25) is 11.8 Å². The van der Waals surface area contributed by atoms with E-state index >= 15 is 0 Å². The number of esters is 1. The highest BCUT2D eigenvalue weighted by Gasteiger charge is 2.30. The number of amides is 2. The summed E-state index contributed by atoms with van der Waals surface area (Å²) in [5.74, 6) is -0.768. The zero-order valence-corrected chi connectivity index (χ0v) is 25.5. The number of anilines is 2. The van der Waals surface area contributed by atoms with Gasteiger partial charge in [0, 0.05) is 20.5 Å². The average Bonchev–Trinajstić information content (AvgIpc) is 3.35. The second-order valence-corrected chi connectivity index (χ2v) is 12.6. The normalized spacial score (nSPS) is 13.1. The Bertz CT molecular complexity index is 1570. The first kappa shape index (κ1) is 29.9. The Balaban J connectivity index is 1.36. The molecule has 1 aliphatic carbocycles. The maximum absolute atomic E-state index is 13.9. The minimum atomic E-state index is -0.597. The van der Waals surface area contributed by atoms with Gasteiger partial charge in [-0.3, -0.25) is 9.59 Å². The molecule has 0 bridgehead atoms. The van der Waals surface area contributed by atoms with E-state index in [9.17, 15) is 14.4 Å². The number of carbonyl (C=O) groups excluding carboxylic acids is 3. The molecule has 4 aromatic rings. The van der Waals surface area contributed by atoms with Crippen molar-refractivity contribution in [2.75, 3.05) is 17.2 Å². The van der Waals surface area contributed by atoms with Gasteiger partial charge >= 0.3 is 5.97 Å². The molecule has 0 fully saturated rings. The lowest BCUT2D eigenvalue weighted by molar-refractivity contribution is -0.116. The van der Waals surface area contributed by atoms with Crippen LogP contribution in [0.25, 0.3) is 0 Å². The van der Waals surface area contributed by atoms with Crippen molar-refractivity contribution in [3.05, 3.63) is 111 Å². The van der Waals surface area contributed by atoms with Crippen molar-refractivity contribution >= 4 is 63.2 Å². The Kier molecular flexibility index (Phi) is 10.00. The summed E-state index contributed by atoms with van der Waals surface area (Å²) >= 11 is 8.82. The lowest BCUT2D eigenvalue weighted by Gasteiger charge is -2.18. The summed E-state index contributed by atoms with van der Waals surface area (Å²) in [7, 11) is 0. The van der Waals surface area contributed by atoms with Crippen LogP contribution in [0.15, 0.2) is 83.8 Å². The molecule has 1 unspecified atom stereocenters. The number of fused-ring (bicyclic) bond motifs is 1. The summed E-state index contributed by atoms with van der Waals surface area (Å²) in [6, 6.07) is 24.2. The number of hydrogen-bond acceptors (Lipinski definition) is 6. The quantitative estimate of drug-likeness (QED) is 0.139. The molecule has 5 rings (SSSR count). The Morgan fingerprint density at radius 1 is 0.952 bits per heavy atom. The first-order chi connectivity index (χ1) is 20.4. The molecule has 2 amide bonds. The zero-order chi connectivity index (χ0) is 29.5. The van der Waals surface area contributed by atoms with Gasteiger partial charge in [-0.15, -0.1) is 23.1 Å². The van der Waals surface area contributed by atoms with E-state index in [2.05, 4.69) is 10.6 Å². The fourth-order valence-corrected chi connectivity index (χ4v) is 7.42. The van der Waals surface area contributed by atoms with Crippen LogP contribution >= 0.6 is 34.7 Å². The highest BCUT2D eigenvalue weighted by molar-refractivity contribution is 8.00.